The second-order valence-corrected chi connectivity index (χ2v) is 5.42. The molecule has 19 heavy (non-hydrogen) atoms. The van der Waals surface area contributed by atoms with E-state index in [1.165, 1.54) is 0 Å². The van der Waals surface area contributed by atoms with Gasteiger partial charge in [0.2, 0.25) is 0 Å². The van der Waals surface area contributed by atoms with E-state index in [0.29, 0.717) is 12.2 Å². The molecule has 0 saturated carbocycles. The fourth-order valence-corrected chi connectivity index (χ4v) is 2.63. The van der Waals surface area contributed by atoms with Crippen LogP contribution < -0.4 is 5.32 Å². The zero-order valence-electron chi connectivity index (χ0n) is 11.0. The van der Waals surface area contributed by atoms with Crippen molar-refractivity contribution >= 4 is 16.8 Å². The summed E-state index contributed by atoms with van der Waals surface area (Å²) in [6.45, 7) is 3.42. The number of carbonyl (C=O) groups is 1. The Morgan fingerprint density at radius 3 is 3.05 bits per heavy atom. The zero-order valence-corrected chi connectivity index (χ0v) is 11.0. The highest BCUT2D eigenvalue weighted by Gasteiger charge is 2.30. The highest BCUT2D eigenvalue weighted by Crippen LogP contribution is 2.22. The number of para-hydroxylation sites is 1. The molecule has 1 amide bonds. The van der Waals surface area contributed by atoms with Crippen LogP contribution in [0.5, 0.6) is 0 Å². The van der Waals surface area contributed by atoms with Crippen molar-refractivity contribution < 1.29 is 9.53 Å². The maximum Gasteiger partial charge on any atom is 0.253 e. The minimum Gasteiger partial charge on any atom is -0.379 e. The number of ether oxygens (including phenoxy) is 1. The van der Waals surface area contributed by atoms with E-state index in [0.717, 1.165) is 30.4 Å². The first-order chi connectivity index (χ1) is 9.18. The van der Waals surface area contributed by atoms with Gasteiger partial charge in [0.25, 0.3) is 5.91 Å². The van der Waals surface area contributed by atoms with Gasteiger partial charge in [-0.25, -0.2) is 0 Å². The summed E-state index contributed by atoms with van der Waals surface area (Å²) < 4.78 is 5.47. The number of aromatic nitrogens is 1. The Labute approximate surface area is 112 Å². The maximum absolute atomic E-state index is 12.4. The number of hydrogen-bond acceptors (Lipinski definition) is 2. The van der Waals surface area contributed by atoms with E-state index < -0.39 is 0 Å². The van der Waals surface area contributed by atoms with Crippen LogP contribution in [-0.4, -0.2) is 29.6 Å². The molecule has 2 N–H and O–H groups in total. The third-order valence-corrected chi connectivity index (χ3v) is 3.69. The van der Waals surface area contributed by atoms with Gasteiger partial charge in [0, 0.05) is 23.7 Å². The zero-order chi connectivity index (χ0) is 13.3. The van der Waals surface area contributed by atoms with Gasteiger partial charge in [-0.3, -0.25) is 4.79 Å². The maximum atomic E-state index is 12.4. The Bertz CT molecular complexity index is 597. The SMILES string of the molecule is CC1(NC(=O)c2c[nH]c3ccccc23)CCCOC1. The molecule has 0 radical (unpaired) electrons. The molecular formula is C15H18N2O2. The van der Waals surface area contributed by atoms with Crippen molar-refractivity contribution in [1.29, 1.82) is 0 Å². The monoisotopic (exact) mass is 258 g/mol. The Kier molecular flexibility index (Phi) is 3.03. The largest absolute Gasteiger partial charge is 0.379 e. The van der Waals surface area contributed by atoms with Crippen molar-refractivity contribution in [3.05, 3.63) is 36.0 Å². The lowest BCUT2D eigenvalue weighted by Crippen LogP contribution is -2.51. The molecule has 1 aliphatic rings. The molecule has 4 nitrogen and oxygen atoms in total. The van der Waals surface area contributed by atoms with Gasteiger partial charge in [0.1, 0.15) is 0 Å². The minimum absolute atomic E-state index is 0.0366. The number of amides is 1. The third kappa shape index (κ3) is 2.36. The molecule has 1 aromatic carbocycles. The molecule has 1 aliphatic heterocycles. The van der Waals surface area contributed by atoms with Gasteiger partial charge in [-0.05, 0) is 25.8 Å². The van der Waals surface area contributed by atoms with E-state index in [-0.39, 0.29) is 11.4 Å². The molecule has 1 atom stereocenters. The van der Waals surface area contributed by atoms with Gasteiger partial charge in [0.05, 0.1) is 17.7 Å². The average molecular weight is 258 g/mol. The number of fused-ring (bicyclic) bond motifs is 1. The summed E-state index contributed by atoms with van der Waals surface area (Å²) in [6, 6.07) is 7.83. The molecular weight excluding hydrogens is 240 g/mol. The number of hydrogen-bond donors (Lipinski definition) is 2. The number of H-pyrrole nitrogens is 1. The fourth-order valence-electron chi connectivity index (χ4n) is 2.63. The highest BCUT2D eigenvalue weighted by molar-refractivity contribution is 6.06. The summed E-state index contributed by atoms with van der Waals surface area (Å²) >= 11 is 0. The summed E-state index contributed by atoms with van der Waals surface area (Å²) in [5, 5.41) is 4.06. The Morgan fingerprint density at radius 1 is 1.42 bits per heavy atom. The van der Waals surface area contributed by atoms with Crippen molar-refractivity contribution in [3.63, 3.8) is 0 Å². The second-order valence-electron chi connectivity index (χ2n) is 5.42. The molecule has 1 unspecified atom stereocenters. The van der Waals surface area contributed by atoms with Crippen LogP contribution >= 0.6 is 0 Å². The molecule has 2 aromatic rings. The Morgan fingerprint density at radius 2 is 2.26 bits per heavy atom. The predicted molar refractivity (Wildman–Crippen MR) is 74.2 cm³/mol. The van der Waals surface area contributed by atoms with Crippen LogP contribution in [0.15, 0.2) is 30.5 Å². The van der Waals surface area contributed by atoms with Crippen molar-refractivity contribution in [2.75, 3.05) is 13.2 Å². The number of rotatable bonds is 2. The van der Waals surface area contributed by atoms with Crippen LogP contribution in [0.1, 0.15) is 30.1 Å². The number of nitrogens with one attached hydrogen (secondary N) is 2. The summed E-state index contributed by atoms with van der Waals surface area (Å²) in [7, 11) is 0. The van der Waals surface area contributed by atoms with Gasteiger partial charge in [0.15, 0.2) is 0 Å². The highest BCUT2D eigenvalue weighted by atomic mass is 16.5. The summed E-state index contributed by atoms with van der Waals surface area (Å²) in [4.78, 5) is 15.5. The predicted octanol–water partition coefficient (Wildman–Crippen LogP) is 2.47. The standard InChI is InChI=1S/C15H18N2O2/c1-15(7-4-8-19-10-15)17-14(18)12-9-16-13-6-3-2-5-11(12)13/h2-3,5-6,9,16H,4,7-8,10H2,1H3,(H,17,18). The van der Waals surface area contributed by atoms with E-state index in [4.69, 9.17) is 4.74 Å². The molecule has 4 heteroatoms. The minimum atomic E-state index is -0.256. The lowest BCUT2D eigenvalue weighted by molar-refractivity contribution is 0.0273. The smallest absolute Gasteiger partial charge is 0.253 e. The summed E-state index contributed by atoms with van der Waals surface area (Å²) in [5.41, 5.74) is 1.42. The molecule has 0 spiro atoms. The molecule has 0 bridgehead atoms. The van der Waals surface area contributed by atoms with Crippen LogP contribution in [0.4, 0.5) is 0 Å². The lowest BCUT2D eigenvalue weighted by Gasteiger charge is -2.34. The number of benzene rings is 1. The molecule has 0 aliphatic carbocycles. The first-order valence-corrected chi connectivity index (χ1v) is 6.64. The molecule has 1 aromatic heterocycles. The average Bonchev–Trinajstić information content (AvgIpc) is 2.83. The van der Waals surface area contributed by atoms with Gasteiger partial charge in [-0.15, -0.1) is 0 Å². The van der Waals surface area contributed by atoms with E-state index in [2.05, 4.69) is 10.3 Å². The van der Waals surface area contributed by atoms with Crippen LogP contribution in [-0.2, 0) is 4.74 Å². The lowest BCUT2D eigenvalue weighted by atomic mass is 9.94. The van der Waals surface area contributed by atoms with Crippen LogP contribution in [0.3, 0.4) is 0 Å². The molecule has 2 heterocycles. The fraction of sp³-hybridized carbons (Fsp3) is 0.400. The number of carbonyl (C=O) groups excluding carboxylic acids is 1. The quantitative estimate of drug-likeness (QED) is 0.869. The van der Waals surface area contributed by atoms with Gasteiger partial charge < -0.3 is 15.0 Å². The van der Waals surface area contributed by atoms with Crippen LogP contribution in [0, 0.1) is 0 Å². The molecule has 3 rings (SSSR count). The van der Waals surface area contributed by atoms with Crippen molar-refractivity contribution in [2.24, 2.45) is 0 Å². The van der Waals surface area contributed by atoms with Crippen LogP contribution in [0.25, 0.3) is 10.9 Å². The van der Waals surface area contributed by atoms with Crippen molar-refractivity contribution in [3.8, 4) is 0 Å². The third-order valence-electron chi connectivity index (χ3n) is 3.69. The Balaban J connectivity index is 1.84. The Hall–Kier alpha value is -1.81. The van der Waals surface area contributed by atoms with E-state index in [1.807, 2.05) is 31.2 Å². The van der Waals surface area contributed by atoms with E-state index >= 15 is 0 Å². The van der Waals surface area contributed by atoms with E-state index in [1.54, 1.807) is 6.20 Å². The summed E-state index contributed by atoms with van der Waals surface area (Å²) in [5.74, 6) is -0.0366. The van der Waals surface area contributed by atoms with Crippen molar-refractivity contribution in [1.82, 2.24) is 10.3 Å². The van der Waals surface area contributed by atoms with E-state index in [9.17, 15) is 4.79 Å². The molecule has 1 fully saturated rings. The summed E-state index contributed by atoms with van der Waals surface area (Å²) in [6.07, 6.45) is 3.72. The normalized spacial score (nSPS) is 23.4. The second kappa shape index (κ2) is 4.70. The topological polar surface area (TPSA) is 54.1 Å². The van der Waals surface area contributed by atoms with Gasteiger partial charge in [-0.1, -0.05) is 18.2 Å². The first kappa shape index (κ1) is 12.2. The van der Waals surface area contributed by atoms with Gasteiger partial charge >= 0.3 is 0 Å². The molecule has 100 valence electrons. The molecule has 1 saturated heterocycles. The first-order valence-electron chi connectivity index (χ1n) is 6.64. The van der Waals surface area contributed by atoms with Crippen LogP contribution in [0.2, 0.25) is 0 Å². The number of aromatic amines is 1. The van der Waals surface area contributed by atoms with Crippen molar-refractivity contribution in [2.45, 2.75) is 25.3 Å². The van der Waals surface area contributed by atoms with Gasteiger partial charge in [-0.2, -0.15) is 0 Å².